The smallest absolute Gasteiger partial charge is 0.267 e. The number of rotatable bonds is 9. The van der Waals surface area contributed by atoms with Gasteiger partial charge in [-0.3, -0.25) is 9.59 Å². The number of halogens is 1. The summed E-state index contributed by atoms with van der Waals surface area (Å²) in [6, 6.07) is 4.73. The first kappa shape index (κ1) is 26.6. The Hall–Kier alpha value is -2.99. The summed E-state index contributed by atoms with van der Waals surface area (Å²) in [4.78, 5) is 25.9. The van der Waals surface area contributed by atoms with Crippen LogP contribution in [0.4, 0.5) is 11.6 Å². The van der Waals surface area contributed by atoms with Crippen LogP contribution in [0.3, 0.4) is 0 Å². The number of Topliss-reactive ketones (excluding diaryl/α,β-unsaturated/α-hetero) is 1. The van der Waals surface area contributed by atoms with Crippen molar-refractivity contribution in [1.82, 2.24) is 5.16 Å². The van der Waals surface area contributed by atoms with Gasteiger partial charge in [0, 0.05) is 10.4 Å². The molecule has 0 spiro atoms. The van der Waals surface area contributed by atoms with Gasteiger partial charge in [0.1, 0.15) is 22.2 Å². The van der Waals surface area contributed by atoms with E-state index in [1.165, 1.54) is 6.07 Å². The third kappa shape index (κ3) is 5.32. The van der Waals surface area contributed by atoms with Crippen LogP contribution in [0.25, 0.3) is 0 Å². The van der Waals surface area contributed by atoms with Gasteiger partial charge in [0.2, 0.25) is 15.7 Å². The van der Waals surface area contributed by atoms with Crippen molar-refractivity contribution in [2.24, 2.45) is 0 Å². The molecule has 0 aliphatic rings. The molecule has 0 saturated heterocycles. The van der Waals surface area contributed by atoms with Crippen molar-refractivity contribution in [1.29, 1.82) is 0 Å². The number of sulfone groups is 1. The predicted molar refractivity (Wildman–Crippen MR) is 135 cm³/mol. The number of ketones is 1. The van der Waals surface area contributed by atoms with E-state index < -0.39 is 33.5 Å². The molecule has 1 aromatic carbocycles. The number of aromatic nitrogens is 1. The molecule has 0 bridgehead atoms. The van der Waals surface area contributed by atoms with E-state index in [2.05, 4.69) is 22.4 Å². The molecule has 12 heteroatoms. The minimum absolute atomic E-state index is 0.0435. The molecule has 3 N–H and O–H groups in total. The molecule has 35 heavy (non-hydrogen) atoms. The molecule has 9 nitrogen and oxygen atoms in total. The zero-order valence-corrected chi connectivity index (χ0v) is 21.8. The van der Waals surface area contributed by atoms with Gasteiger partial charge in [-0.15, -0.1) is 11.3 Å². The Morgan fingerprint density at radius 2 is 1.94 bits per heavy atom. The second-order valence-electron chi connectivity index (χ2n) is 7.85. The standard InChI is InChI=1S/C23H24ClN3O6S2/c1-6-18(26-23-20(24)14(5)27-33-23)35(31,32)17-9-13(4)34-21(17)22(30)25-15-8-11(2)7-12(3)19(15)16(29)10-28/h6-9,18,26,28H,1,10H2,2-5H3,(H,25,30). The predicted octanol–water partition coefficient (Wildman–Crippen LogP) is 4.45. The molecule has 1 unspecified atom stereocenters. The monoisotopic (exact) mass is 537 g/mol. The number of carbonyl (C=O) groups is 2. The van der Waals surface area contributed by atoms with Gasteiger partial charge in [0.15, 0.2) is 11.2 Å². The molecule has 0 saturated carbocycles. The van der Waals surface area contributed by atoms with Crippen LogP contribution in [0, 0.1) is 27.7 Å². The van der Waals surface area contributed by atoms with Crippen LogP contribution in [-0.2, 0) is 9.84 Å². The van der Waals surface area contributed by atoms with Crippen LogP contribution in [0.15, 0.2) is 40.3 Å². The summed E-state index contributed by atoms with van der Waals surface area (Å²) >= 11 is 7.09. The van der Waals surface area contributed by atoms with E-state index in [9.17, 15) is 23.1 Å². The lowest BCUT2D eigenvalue weighted by Gasteiger charge is -2.16. The lowest BCUT2D eigenvalue weighted by atomic mass is 9.99. The number of hydrogen-bond acceptors (Lipinski definition) is 9. The molecule has 0 aliphatic carbocycles. The molecule has 0 fully saturated rings. The van der Waals surface area contributed by atoms with E-state index in [0.29, 0.717) is 16.1 Å². The number of nitrogens with zero attached hydrogens (tertiary/aromatic N) is 1. The second kappa shape index (κ2) is 10.3. The Morgan fingerprint density at radius 3 is 2.51 bits per heavy atom. The number of benzene rings is 1. The molecular formula is C23H24ClN3O6S2. The zero-order valence-electron chi connectivity index (χ0n) is 19.4. The van der Waals surface area contributed by atoms with Gasteiger partial charge in [0.25, 0.3) is 5.91 Å². The number of aryl methyl sites for hydroxylation is 4. The Balaban J connectivity index is 2.01. The summed E-state index contributed by atoms with van der Waals surface area (Å²) in [5.74, 6) is -1.32. The minimum Gasteiger partial charge on any atom is -0.388 e. The fraction of sp³-hybridized carbons (Fsp3) is 0.261. The first-order valence-electron chi connectivity index (χ1n) is 10.3. The van der Waals surface area contributed by atoms with Crippen molar-refractivity contribution in [2.75, 3.05) is 17.2 Å². The van der Waals surface area contributed by atoms with Crippen molar-refractivity contribution < 1.29 is 27.6 Å². The highest BCUT2D eigenvalue weighted by atomic mass is 35.5. The largest absolute Gasteiger partial charge is 0.388 e. The molecule has 3 aromatic rings. The van der Waals surface area contributed by atoms with Gasteiger partial charge in [0.05, 0.1) is 10.6 Å². The van der Waals surface area contributed by atoms with Gasteiger partial charge in [-0.25, -0.2) is 8.42 Å². The number of aliphatic hydroxyl groups is 1. The SMILES string of the molecule is C=CC(Nc1onc(C)c1Cl)S(=O)(=O)c1cc(C)sc1C(=O)Nc1cc(C)cc(C)c1C(=O)CO. The van der Waals surface area contributed by atoms with Gasteiger partial charge in [-0.05, 0) is 51.0 Å². The number of aliphatic hydroxyl groups excluding tert-OH is 1. The number of thiophene rings is 1. The first-order valence-corrected chi connectivity index (χ1v) is 13.1. The van der Waals surface area contributed by atoms with E-state index in [1.807, 2.05) is 0 Å². The highest BCUT2D eigenvalue weighted by Gasteiger charge is 2.33. The third-order valence-corrected chi connectivity index (χ3v) is 8.63. The molecule has 0 aliphatic heterocycles. The molecule has 0 radical (unpaired) electrons. The average Bonchev–Trinajstić information content (AvgIpc) is 3.34. The number of amides is 1. The van der Waals surface area contributed by atoms with E-state index >= 15 is 0 Å². The third-order valence-electron chi connectivity index (χ3n) is 5.10. The van der Waals surface area contributed by atoms with Crippen LogP contribution in [0.2, 0.25) is 5.02 Å². The van der Waals surface area contributed by atoms with Gasteiger partial charge < -0.3 is 20.3 Å². The van der Waals surface area contributed by atoms with Gasteiger partial charge in [-0.2, -0.15) is 0 Å². The lowest BCUT2D eigenvalue weighted by Crippen LogP contribution is -2.29. The van der Waals surface area contributed by atoms with Gasteiger partial charge in [-0.1, -0.05) is 35.5 Å². The Bertz CT molecular complexity index is 1430. The van der Waals surface area contributed by atoms with Gasteiger partial charge >= 0.3 is 0 Å². The highest BCUT2D eigenvalue weighted by Crippen LogP contribution is 2.33. The molecule has 3 rings (SSSR count). The minimum atomic E-state index is -4.18. The number of nitrogens with one attached hydrogen (secondary N) is 2. The van der Waals surface area contributed by atoms with Crippen LogP contribution >= 0.6 is 22.9 Å². The summed E-state index contributed by atoms with van der Waals surface area (Å²) in [5.41, 5.74) is 2.07. The van der Waals surface area contributed by atoms with Crippen LogP contribution in [-0.4, -0.2) is 42.4 Å². The molecule has 1 atom stereocenters. The maximum Gasteiger partial charge on any atom is 0.267 e. The topological polar surface area (TPSA) is 139 Å². The lowest BCUT2D eigenvalue weighted by molar-refractivity contribution is 0.0904. The molecule has 1 amide bonds. The second-order valence-corrected chi connectivity index (χ2v) is 11.5. The van der Waals surface area contributed by atoms with Crippen LogP contribution in [0.1, 0.15) is 41.7 Å². The summed E-state index contributed by atoms with van der Waals surface area (Å²) < 4.78 is 32.1. The fourth-order valence-electron chi connectivity index (χ4n) is 3.53. The summed E-state index contributed by atoms with van der Waals surface area (Å²) in [6.07, 6.45) is 1.15. The molecule has 186 valence electrons. The maximum absolute atomic E-state index is 13.5. The Kier molecular flexibility index (Phi) is 7.85. The fourth-order valence-corrected chi connectivity index (χ4v) is 6.49. The maximum atomic E-state index is 13.5. The summed E-state index contributed by atoms with van der Waals surface area (Å²) in [6.45, 7) is 9.60. The molecule has 2 aromatic heterocycles. The van der Waals surface area contributed by atoms with Crippen LogP contribution < -0.4 is 10.6 Å². The normalized spacial score (nSPS) is 12.3. The van der Waals surface area contributed by atoms with Crippen molar-refractivity contribution in [3.8, 4) is 0 Å². The van der Waals surface area contributed by atoms with E-state index in [1.54, 1.807) is 39.8 Å². The Morgan fingerprint density at radius 1 is 1.26 bits per heavy atom. The van der Waals surface area contributed by atoms with Crippen LogP contribution in [0.5, 0.6) is 0 Å². The quantitative estimate of drug-likeness (QED) is 0.269. The Labute approximate surface area is 211 Å². The number of carbonyl (C=O) groups excluding carboxylic acids is 2. The summed E-state index contributed by atoms with van der Waals surface area (Å²) in [7, 11) is -4.18. The number of hydrogen-bond donors (Lipinski definition) is 3. The first-order chi connectivity index (χ1) is 16.4. The molecular weight excluding hydrogens is 514 g/mol. The van der Waals surface area contributed by atoms with Crippen molar-refractivity contribution in [3.63, 3.8) is 0 Å². The highest BCUT2D eigenvalue weighted by molar-refractivity contribution is 7.92. The van der Waals surface area contributed by atoms with E-state index in [-0.39, 0.29) is 31.9 Å². The zero-order chi connectivity index (χ0) is 26.1. The van der Waals surface area contributed by atoms with Crippen molar-refractivity contribution in [2.45, 2.75) is 38.0 Å². The van der Waals surface area contributed by atoms with E-state index in [4.69, 9.17) is 16.1 Å². The summed E-state index contributed by atoms with van der Waals surface area (Å²) in [5, 5.41) is 17.1. The van der Waals surface area contributed by atoms with Crippen molar-refractivity contribution >= 4 is 56.0 Å². The van der Waals surface area contributed by atoms with Crippen molar-refractivity contribution in [3.05, 3.63) is 68.0 Å². The molecule has 2 heterocycles. The average molecular weight is 538 g/mol. The number of anilines is 2. The van der Waals surface area contributed by atoms with E-state index in [0.717, 1.165) is 23.0 Å².